The Balaban J connectivity index is 1.87. The van der Waals surface area contributed by atoms with Gasteiger partial charge in [0.2, 0.25) is 0 Å². The smallest absolute Gasteiger partial charge is 0.125 e. The van der Waals surface area contributed by atoms with Gasteiger partial charge in [0, 0.05) is 38.4 Å². The molecule has 0 radical (unpaired) electrons. The quantitative estimate of drug-likeness (QED) is 0.606. The van der Waals surface area contributed by atoms with Gasteiger partial charge in [0.05, 0.1) is 17.4 Å². The highest BCUT2D eigenvalue weighted by molar-refractivity contribution is 5.93. The number of nitrogens with zero attached hydrogens (tertiary/aromatic N) is 5. The minimum Gasteiger partial charge on any atom is -0.402 e. The van der Waals surface area contributed by atoms with Crippen molar-refractivity contribution in [2.24, 2.45) is 10.7 Å². The summed E-state index contributed by atoms with van der Waals surface area (Å²) in [5.74, 6) is 0.881. The zero-order valence-electron chi connectivity index (χ0n) is 18.3. The fourth-order valence-electron chi connectivity index (χ4n) is 4.21. The molecule has 30 heavy (non-hydrogen) atoms. The molecule has 0 saturated carbocycles. The summed E-state index contributed by atoms with van der Waals surface area (Å²) in [5.41, 5.74) is 13.9. The average molecular weight is 406 g/mol. The Kier molecular flexibility index (Phi) is 5.72. The van der Waals surface area contributed by atoms with E-state index in [1.165, 1.54) is 22.3 Å². The van der Waals surface area contributed by atoms with Crippen LogP contribution in [0.5, 0.6) is 0 Å². The van der Waals surface area contributed by atoms with Gasteiger partial charge in [-0.05, 0) is 62.1 Å². The maximum absolute atomic E-state index is 5.97. The molecule has 0 saturated heterocycles. The molecule has 4 rings (SSSR count). The lowest BCUT2D eigenvalue weighted by atomic mass is 9.91. The van der Waals surface area contributed by atoms with Crippen LogP contribution in [0.2, 0.25) is 0 Å². The second-order valence-electron chi connectivity index (χ2n) is 8.31. The van der Waals surface area contributed by atoms with Crippen LogP contribution < -0.4 is 11.1 Å². The van der Waals surface area contributed by atoms with Gasteiger partial charge < -0.3 is 16.0 Å². The summed E-state index contributed by atoms with van der Waals surface area (Å²) in [5, 5.41) is 12.1. The van der Waals surface area contributed by atoms with E-state index in [1.54, 1.807) is 0 Å². The van der Waals surface area contributed by atoms with Crippen LogP contribution >= 0.6 is 0 Å². The maximum Gasteiger partial charge on any atom is 0.125 e. The Morgan fingerprint density at radius 2 is 2.20 bits per heavy atom. The number of nitrogens with one attached hydrogen (secondary N) is 1. The average Bonchev–Trinajstić information content (AvgIpc) is 3.02. The molecule has 0 fully saturated rings. The number of rotatable bonds is 3. The van der Waals surface area contributed by atoms with Crippen molar-refractivity contribution >= 4 is 11.4 Å². The van der Waals surface area contributed by atoms with Gasteiger partial charge in [-0.25, -0.2) is 4.68 Å². The summed E-state index contributed by atoms with van der Waals surface area (Å²) in [6, 6.07) is 6.81. The molecule has 0 bridgehead atoms. The Morgan fingerprint density at radius 3 is 2.90 bits per heavy atom. The molecular weight excluding hydrogens is 374 g/mol. The number of likely N-dealkylation sites (N-methyl/N-ethyl adjacent to an activating group) is 1. The van der Waals surface area contributed by atoms with Crippen LogP contribution in [0.25, 0.3) is 16.8 Å². The molecule has 1 atom stereocenters. The fourth-order valence-corrected chi connectivity index (χ4v) is 4.21. The predicted molar refractivity (Wildman–Crippen MR) is 122 cm³/mol. The highest BCUT2D eigenvalue weighted by Crippen LogP contribution is 2.39. The van der Waals surface area contributed by atoms with Crippen molar-refractivity contribution in [3.05, 3.63) is 52.9 Å². The van der Waals surface area contributed by atoms with Crippen LogP contribution in [0.4, 0.5) is 0 Å². The molecule has 3 N–H and O–H groups in total. The SMILES string of the molecule is CC(N)=CC(=NC1CCn2nnc(C)c2-c2ccc(C3=CCNCC3)cc21)N(C)C. The van der Waals surface area contributed by atoms with Crippen LogP contribution in [0.3, 0.4) is 0 Å². The fraction of sp³-hybridized carbons (Fsp3) is 0.435. The number of aryl methyl sites for hydroxylation is 2. The van der Waals surface area contributed by atoms with Gasteiger partial charge in [0.15, 0.2) is 0 Å². The van der Waals surface area contributed by atoms with Gasteiger partial charge in [0.1, 0.15) is 5.84 Å². The molecule has 7 heteroatoms. The molecule has 1 unspecified atom stereocenters. The molecule has 1 aromatic carbocycles. The lowest BCUT2D eigenvalue weighted by Gasteiger charge is -2.21. The highest BCUT2D eigenvalue weighted by Gasteiger charge is 2.26. The number of amidine groups is 1. The lowest BCUT2D eigenvalue weighted by Crippen LogP contribution is -2.22. The highest BCUT2D eigenvalue weighted by atomic mass is 15.4. The molecule has 0 amide bonds. The van der Waals surface area contributed by atoms with Crippen molar-refractivity contribution in [2.75, 3.05) is 27.2 Å². The number of aromatic nitrogens is 3. The van der Waals surface area contributed by atoms with E-state index in [0.717, 1.165) is 55.4 Å². The van der Waals surface area contributed by atoms with Crippen molar-refractivity contribution in [2.45, 2.75) is 39.3 Å². The van der Waals surface area contributed by atoms with Crippen LogP contribution in [0.1, 0.15) is 42.6 Å². The topological polar surface area (TPSA) is 84.4 Å². The monoisotopic (exact) mass is 405 g/mol. The summed E-state index contributed by atoms with van der Waals surface area (Å²) in [6.45, 7) is 6.65. The molecule has 1 aromatic heterocycles. The normalized spacial score (nSPS) is 19.6. The van der Waals surface area contributed by atoms with E-state index < -0.39 is 0 Å². The second-order valence-corrected chi connectivity index (χ2v) is 8.31. The van der Waals surface area contributed by atoms with Crippen LogP contribution in [0, 0.1) is 6.92 Å². The van der Waals surface area contributed by atoms with Gasteiger partial charge in [-0.2, -0.15) is 0 Å². The first-order chi connectivity index (χ1) is 14.4. The molecule has 0 aliphatic carbocycles. The lowest BCUT2D eigenvalue weighted by molar-refractivity contribution is 0.518. The third-order valence-corrected chi connectivity index (χ3v) is 5.72. The Hall–Kier alpha value is -2.93. The second kappa shape index (κ2) is 8.44. The Bertz CT molecular complexity index is 1020. The van der Waals surface area contributed by atoms with Crippen molar-refractivity contribution in [3.8, 4) is 11.3 Å². The van der Waals surface area contributed by atoms with Gasteiger partial charge in [-0.3, -0.25) is 4.99 Å². The van der Waals surface area contributed by atoms with Crippen molar-refractivity contribution < 1.29 is 0 Å². The van der Waals surface area contributed by atoms with Gasteiger partial charge >= 0.3 is 0 Å². The third kappa shape index (κ3) is 4.03. The molecule has 7 nitrogen and oxygen atoms in total. The van der Waals surface area contributed by atoms with Crippen LogP contribution in [0.15, 0.2) is 41.0 Å². The number of hydrogen-bond donors (Lipinski definition) is 2. The van der Waals surface area contributed by atoms with E-state index in [9.17, 15) is 0 Å². The van der Waals surface area contributed by atoms with Crippen molar-refractivity contribution in [1.29, 1.82) is 0 Å². The zero-order chi connectivity index (χ0) is 21.3. The summed E-state index contributed by atoms with van der Waals surface area (Å²) in [6.07, 6.45) is 6.14. The molecule has 2 aromatic rings. The molecule has 3 heterocycles. The van der Waals surface area contributed by atoms with Crippen molar-refractivity contribution in [1.82, 2.24) is 25.2 Å². The summed E-state index contributed by atoms with van der Waals surface area (Å²) in [4.78, 5) is 7.17. The minimum atomic E-state index is 0.0244. The summed E-state index contributed by atoms with van der Waals surface area (Å²) < 4.78 is 2.02. The van der Waals surface area contributed by atoms with Gasteiger partial charge in [-0.15, -0.1) is 5.10 Å². The van der Waals surface area contributed by atoms with Crippen LogP contribution in [-0.4, -0.2) is 52.9 Å². The van der Waals surface area contributed by atoms with E-state index in [2.05, 4.69) is 39.9 Å². The first-order valence-electron chi connectivity index (χ1n) is 10.6. The number of hydrogen-bond acceptors (Lipinski definition) is 5. The number of allylic oxidation sites excluding steroid dienone is 1. The van der Waals surface area contributed by atoms with E-state index in [0.29, 0.717) is 0 Å². The summed E-state index contributed by atoms with van der Waals surface area (Å²) >= 11 is 0. The number of fused-ring (bicyclic) bond motifs is 3. The minimum absolute atomic E-state index is 0.0244. The standard InChI is InChI=1S/C23H31N7/c1-15(24)13-22(29(3)4)26-21-9-12-30-23(16(2)27-28-30)19-6-5-18(14-20(19)21)17-7-10-25-11-8-17/h5-7,13-14,21,25H,8-12,24H2,1-4H3. The van der Waals surface area contributed by atoms with E-state index in [1.807, 2.05) is 43.6 Å². The number of aliphatic imine (C=N–C) groups is 1. The van der Waals surface area contributed by atoms with Crippen molar-refractivity contribution in [3.63, 3.8) is 0 Å². The van der Waals surface area contributed by atoms with Crippen LogP contribution in [-0.2, 0) is 6.54 Å². The summed E-state index contributed by atoms with van der Waals surface area (Å²) in [7, 11) is 4.01. The molecule has 158 valence electrons. The largest absolute Gasteiger partial charge is 0.402 e. The van der Waals surface area contributed by atoms with E-state index in [-0.39, 0.29) is 6.04 Å². The maximum atomic E-state index is 5.97. The van der Waals surface area contributed by atoms with Gasteiger partial charge in [0.25, 0.3) is 0 Å². The predicted octanol–water partition coefficient (Wildman–Crippen LogP) is 2.90. The first kappa shape index (κ1) is 20.3. The third-order valence-electron chi connectivity index (χ3n) is 5.72. The van der Waals surface area contributed by atoms with E-state index in [4.69, 9.17) is 10.7 Å². The zero-order valence-corrected chi connectivity index (χ0v) is 18.3. The molecule has 2 aliphatic heterocycles. The van der Waals surface area contributed by atoms with E-state index >= 15 is 0 Å². The first-order valence-corrected chi connectivity index (χ1v) is 10.6. The number of benzene rings is 1. The molecule has 0 spiro atoms. The molecular formula is C23H31N7. The Labute approximate surface area is 178 Å². The number of nitrogens with two attached hydrogens (primary N) is 1. The Morgan fingerprint density at radius 1 is 1.37 bits per heavy atom. The molecule has 2 aliphatic rings. The van der Waals surface area contributed by atoms with Gasteiger partial charge in [-0.1, -0.05) is 23.4 Å².